The van der Waals surface area contributed by atoms with Crippen LogP contribution >= 0.6 is 0 Å². The number of hydrogen-bond acceptors (Lipinski definition) is 2. The molecule has 0 aliphatic rings. The summed E-state index contributed by atoms with van der Waals surface area (Å²) in [7, 11) is 0. The fourth-order valence-corrected chi connectivity index (χ4v) is 1.46. The molecule has 0 aliphatic carbocycles. The Labute approximate surface area is 94.8 Å². The first-order valence-electron chi connectivity index (χ1n) is 5.38. The standard InChI is InChI=1S/C12H18F2N2/c1-9-8-10(12(2,13)14)4-5-11(9)16-7-3-6-15/h4-5,8,16H,3,6-7,15H2,1-2H3. The van der Waals surface area contributed by atoms with Gasteiger partial charge in [-0.1, -0.05) is 6.07 Å². The van der Waals surface area contributed by atoms with Crippen molar-refractivity contribution in [3.63, 3.8) is 0 Å². The Morgan fingerprint density at radius 2 is 2.06 bits per heavy atom. The summed E-state index contributed by atoms with van der Waals surface area (Å²) in [4.78, 5) is 0. The molecule has 1 aromatic carbocycles. The molecule has 0 aromatic heterocycles. The summed E-state index contributed by atoms with van der Waals surface area (Å²) in [6.07, 6.45) is 0.866. The van der Waals surface area contributed by atoms with Crippen LogP contribution in [0.1, 0.15) is 24.5 Å². The van der Waals surface area contributed by atoms with Crippen LogP contribution in [0.25, 0.3) is 0 Å². The van der Waals surface area contributed by atoms with Crippen LogP contribution in [0.2, 0.25) is 0 Å². The molecule has 0 heterocycles. The SMILES string of the molecule is Cc1cc(C(C)(F)F)ccc1NCCCN. The molecule has 4 heteroatoms. The molecule has 16 heavy (non-hydrogen) atoms. The number of halogens is 2. The maximum absolute atomic E-state index is 13.0. The molecular formula is C12H18F2N2. The van der Waals surface area contributed by atoms with Crippen molar-refractivity contribution in [2.45, 2.75) is 26.2 Å². The van der Waals surface area contributed by atoms with Crippen molar-refractivity contribution < 1.29 is 8.78 Å². The van der Waals surface area contributed by atoms with Crippen LogP contribution in [-0.4, -0.2) is 13.1 Å². The van der Waals surface area contributed by atoms with E-state index in [-0.39, 0.29) is 5.56 Å². The second kappa shape index (κ2) is 5.25. The molecular weight excluding hydrogens is 210 g/mol. The lowest BCUT2D eigenvalue weighted by Gasteiger charge is -2.14. The Balaban J connectivity index is 2.76. The van der Waals surface area contributed by atoms with Gasteiger partial charge in [0.2, 0.25) is 0 Å². The predicted molar refractivity (Wildman–Crippen MR) is 62.9 cm³/mol. The highest BCUT2D eigenvalue weighted by Crippen LogP contribution is 2.29. The van der Waals surface area contributed by atoms with Crippen LogP contribution in [0.5, 0.6) is 0 Å². The topological polar surface area (TPSA) is 38.0 Å². The van der Waals surface area contributed by atoms with E-state index in [9.17, 15) is 8.78 Å². The largest absolute Gasteiger partial charge is 0.385 e. The fraction of sp³-hybridized carbons (Fsp3) is 0.500. The zero-order chi connectivity index (χ0) is 12.2. The van der Waals surface area contributed by atoms with E-state index >= 15 is 0 Å². The van der Waals surface area contributed by atoms with Gasteiger partial charge >= 0.3 is 0 Å². The quantitative estimate of drug-likeness (QED) is 0.760. The summed E-state index contributed by atoms with van der Waals surface area (Å²) >= 11 is 0. The molecule has 1 rings (SSSR count). The number of benzene rings is 1. The van der Waals surface area contributed by atoms with E-state index in [0.717, 1.165) is 31.1 Å². The molecule has 0 unspecified atom stereocenters. The summed E-state index contributed by atoms with van der Waals surface area (Å²) in [5, 5.41) is 3.17. The molecule has 0 radical (unpaired) electrons. The van der Waals surface area contributed by atoms with Crippen molar-refractivity contribution in [2.75, 3.05) is 18.4 Å². The molecule has 1 aromatic rings. The van der Waals surface area contributed by atoms with E-state index in [0.29, 0.717) is 6.54 Å². The van der Waals surface area contributed by atoms with Crippen molar-refractivity contribution in [3.05, 3.63) is 29.3 Å². The zero-order valence-corrected chi connectivity index (χ0v) is 9.69. The Bertz CT molecular complexity index is 345. The van der Waals surface area contributed by atoms with Crippen LogP contribution < -0.4 is 11.1 Å². The number of aryl methyl sites for hydroxylation is 1. The highest BCUT2D eigenvalue weighted by molar-refractivity contribution is 5.52. The number of anilines is 1. The van der Waals surface area contributed by atoms with Gasteiger partial charge in [-0.25, -0.2) is 8.78 Å². The third-order valence-corrected chi connectivity index (χ3v) is 2.43. The lowest BCUT2D eigenvalue weighted by molar-refractivity contribution is 0.0174. The van der Waals surface area contributed by atoms with Gasteiger partial charge in [0.25, 0.3) is 5.92 Å². The fourth-order valence-electron chi connectivity index (χ4n) is 1.46. The zero-order valence-electron chi connectivity index (χ0n) is 9.69. The Hall–Kier alpha value is -1.16. The summed E-state index contributed by atoms with van der Waals surface area (Å²) in [5.74, 6) is -2.78. The maximum atomic E-state index is 13.0. The highest BCUT2D eigenvalue weighted by Gasteiger charge is 2.24. The first kappa shape index (κ1) is 12.9. The lowest BCUT2D eigenvalue weighted by Crippen LogP contribution is -2.11. The Morgan fingerprint density at radius 3 is 2.56 bits per heavy atom. The highest BCUT2D eigenvalue weighted by atomic mass is 19.3. The molecule has 0 aliphatic heterocycles. The van der Waals surface area contributed by atoms with Crippen LogP contribution in [0.15, 0.2) is 18.2 Å². The number of hydrogen-bond donors (Lipinski definition) is 2. The van der Waals surface area contributed by atoms with Crippen molar-refractivity contribution in [1.29, 1.82) is 0 Å². The number of nitrogens with two attached hydrogens (primary N) is 1. The molecule has 0 amide bonds. The van der Waals surface area contributed by atoms with Crippen LogP contribution in [0.3, 0.4) is 0 Å². The number of nitrogens with one attached hydrogen (secondary N) is 1. The summed E-state index contributed by atoms with van der Waals surface area (Å²) in [6, 6.07) is 4.67. The first-order chi connectivity index (χ1) is 7.45. The minimum Gasteiger partial charge on any atom is -0.385 e. The van der Waals surface area contributed by atoms with Crippen LogP contribution in [0, 0.1) is 6.92 Å². The third-order valence-electron chi connectivity index (χ3n) is 2.43. The second-order valence-electron chi connectivity index (χ2n) is 3.99. The van der Waals surface area contributed by atoms with E-state index < -0.39 is 5.92 Å². The van der Waals surface area contributed by atoms with E-state index in [1.807, 2.05) is 6.92 Å². The summed E-state index contributed by atoms with van der Waals surface area (Å²) in [5.41, 5.74) is 7.14. The van der Waals surface area contributed by atoms with Gasteiger partial charge in [-0.05, 0) is 37.6 Å². The Morgan fingerprint density at radius 1 is 1.38 bits per heavy atom. The van der Waals surface area contributed by atoms with E-state index in [1.165, 1.54) is 12.1 Å². The third kappa shape index (κ3) is 3.45. The first-order valence-corrected chi connectivity index (χ1v) is 5.38. The molecule has 0 saturated heterocycles. The minimum atomic E-state index is -2.78. The maximum Gasteiger partial charge on any atom is 0.270 e. The van der Waals surface area contributed by atoms with Crippen molar-refractivity contribution in [1.82, 2.24) is 0 Å². The van der Waals surface area contributed by atoms with Gasteiger partial charge in [0.05, 0.1) is 0 Å². The van der Waals surface area contributed by atoms with E-state index in [2.05, 4.69) is 5.32 Å². The van der Waals surface area contributed by atoms with Gasteiger partial charge in [-0.2, -0.15) is 0 Å². The molecule has 0 bridgehead atoms. The van der Waals surface area contributed by atoms with Crippen molar-refractivity contribution in [2.24, 2.45) is 5.73 Å². The predicted octanol–water partition coefficient (Wildman–Crippen LogP) is 2.87. The van der Waals surface area contributed by atoms with Gasteiger partial charge in [0.1, 0.15) is 0 Å². The lowest BCUT2D eigenvalue weighted by atomic mass is 10.1. The minimum absolute atomic E-state index is 0.0503. The second-order valence-corrected chi connectivity index (χ2v) is 3.99. The van der Waals surface area contributed by atoms with Gasteiger partial charge < -0.3 is 11.1 Å². The monoisotopic (exact) mass is 228 g/mol. The van der Waals surface area contributed by atoms with Gasteiger partial charge in [-0.15, -0.1) is 0 Å². The van der Waals surface area contributed by atoms with Gasteiger partial charge in [-0.3, -0.25) is 0 Å². The Kier molecular flexibility index (Phi) is 4.24. The molecule has 0 spiro atoms. The summed E-state index contributed by atoms with van der Waals surface area (Å²) in [6.45, 7) is 4.11. The molecule has 0 atom stereocenters. The molecule has 0 fully saturated rings. The normalized spacial score (nSPS) is 11.6. The average Bonchev–Trinajstić information content (AvgIpc) is 2.19. The smallest absolute Gasteiger partial charge is 0.270 e. The van der Waals surface area contributed by atoms with Gasteiger partial charge in [0.15, 0.2) is 0 Å². The molecule has 3 N–H and O–H groups in total. The number of rotatable bonds is 5. The number of alkyl halides is 2. The van der Waals surface area contributed by atoms with Gasteiger partial charge in [0, 0.05) is 24.7 Å². The molecule has 0 saturated carbocycles. The van der Waals surface area contributed by atoms with Crippen LogP contribution in [0.4, 0.5) is 14.5 Å². The van der Waals surface area contributed by atoms with E-state index in [1.54, 1.807) is 6.07 Å². The summed E-state index contributed by atoms with van der Waals surface area (Å²) < 4.78 is 26.1. The van der Waals surface area contributed by atoms with Crippen molar-refractivity contribution in [3.8, 4) is 0 Å². The molecule has 2 nitrogen and oxygen atoms in total. The molecule has 90 valence electrons. The average molecular weight is 228 g/mol. The van der Waals surface area contributed by atoms with Crippen molar-refractivity contribution >= 4 is 5.69 Å². The van der Waals surface area contributed by atoms with Crippen LogP contribution in [-0.2, 0) is 5.92 Å². The van der Waals surface area contributed by atoms with E-state index in [4.69, 9.17) is 5.73 Å².